The van der Waals surface area contributed by atoms with Gasteiger partial charge in [0.15, 0.2) is 5.13 Å². The lowest BCUT2D eigenvalue weighted by molar-refractivity contribution is 0.0702. The van der Waals surface area contributed by atoms with E-state index in [1.807, 2.05) is 6.07 Å². The average molecular weight is 276 g/mol. The number of carbonyl (C=O) groups is 1. The van der Waals surface area contributed by atoms with E-state index in [0.717, 1.165) is 29.9 Å². The van der Waals surface area contributed by atoms with Gasteiger partial charge in [-0.15, -0.1) is 0 Å². The number of benzene rings is 1. The zero-order chi connectivity index (χ0) is 13.8. The SMILES string of the molecule is CCc1cccc(CC)c1Nc1ncc(C(=O)O)s1. The van der Waals surface area contributed by atoms with Gasteiger partial charge in [0.05, 0.1) is 6.20 Å². The Morgan fingerprint density at radius 2 is 1.95 bits per heavy atom. The lowest BCUT2D eigenvalue weighted by Crippen LogP contribution is -1.99. The second-order valence-electron chi connectivity index (χ2n) is 4.12. The summed E-state index contributed by atoms with van der Waals surface area (Å²) in [6, 6.07) is 6.20. The predicted molar refractivity (Wildman–Crippen MR) is 77.6 cm³/mol. The largest absolute Gasteiger partial charge is 0.477 e. The third kappa shape index (κ3) is 2.93. The van der Waals surface area contributed by atoms with Crippen molar-refractivity contribution in [1.29, 1.82) is 0 Å². The Hall–Kier alpha value is -1.88. The summed E-state index contributed by atoms with van der Waals surface area (Å²) in [5.41, 5.74) is 3.48. The van der Waals surface area contributed by atoms with E-state index in [0.29, 0.717) is 5.13 Å². The second kappa shape index (κ2) is 5.84. The number of rotatable bonds is 5. The molecule has 0 spiro atoms. The fourth-order valence-electron chi connectivity index (χ4n) is 1.94. The lowest BCUT2D eigenvalue weighted by atomic mass is 10.0. The minimum absolute atomic E-state index is 0.245. The summed E-state index contributed by atoms with van der Waals surface area (Å²) in [6.45, 7) is 4.20. The van der Waals surface area contributed by atoms with E-state index in [9.17, 15) is 4.79 Å². The minimum Gasteiger partial charge on any atom is -0.477 e. The van der Waals surface area contributed by atoms with Gasteiger partial charge < -0.3 is 10.4 Å². The van der Waals surface area contributed by atoms with E-state index in [-0.39, 0.29) is 4.88 Å². The number of anilines is 2. The van der Waals surface area contributed by atoms with Gasteiger partial charge in [-0.2, -0.15) is 0 Å². The fraction of sp³-hybridized carbons (Fsp3) is 0.286. The minimum atomic E-state index is -0.940. The Morgan fingerprint density at radius 1 is 1.32 bits per heavy atom. The van der Waals surface area contributed by atoms with Crippen molar-refractivity contribution in [3.8, 4) is 0 Å². The molecule has 2 aromatic rings. The van der Waals surface area contributed by atoms with E-state index in [4.69, 9.17) is 5.11 Å². The maximum Gasteiger partial charge on any atom is 0.347 e. The lowest BCUT2D eigenvalue weighted by Gasteiger charge is -2.13. The maximum atomic E-state index is 10.9. The van der Waals surface area contributed by atoms with Crippen molar-refractivity contribution in [1.82, 2.24) is 4.98 Å². The van der Waals surface area contributed by atoms with Gasteiger partial charge in [0.2, 0.25) is 0 Å². The summed E-state index contributed by atoms with van der Waals surface area (Å²) < 4.78 is 0. The van der Waals surface area contributed by atoms with Gasteiger partial charge in [-0.1, -0.05) is 43.4 Å². The van der Waals surface area contributed by atoms with Crippen molar-refractivity contribution >= 4 is 28.1 Å². The van der Waals surface area contributed by atoms with Gasteiger partial charge in [0, 0.05) is 5.69 Å². The first-order chi connectivity index (χ1) is 9.15. The number of aromatic carboxylic acids is 1. The molecule has 0 atom stereocenters. The van der Waals surface area contributed by atoms with Crippen molar-refractivity contribution in [2.45, 2.75) is 26.7 Å². The van der Waals surface area contributed by atoms with Crippen LogP contribution in [0.5, 0.6) is 0 Å². The number of hydrogen-bond donors (Lipinski definition) is 2. The standard InChI is InChI=1S/C14H16N2O2S/c1-3-9-6-5-7-10(4-2)12(9)16-14-15-8-11(19-14)13(17)18/h5-8H,3-4H2,1-2H3,(H,15,16)(H,17,18). The van der Waals surface area contributed by atoms with Crippen LogP contribution in [0.1, 0.15) is 34.6 Å². The van der Waals surface area contributed by atoms with Gasteiger partial charge in [0.1, 0.15) is 4.88 Å². The highest BCUT2D eigenvalue weighted by Crippen LogP contribution is 2.28. The molecule has 0 fully saturated rings. The number of aryl methyl sites for hydroxylation is 2. The Bertz CT molecular complexity index is 571. The van der Waals surface area contributed by atoms with Crippen molar-refractivity contribution in [3.63, 3.8) is 0 Å². The quantitative estimate of drug-likeness (QED) is 0.874. The average Bonchev–Trinajstić information content (AvgIpc) is 2.87. The number of carboxylic acids is 1. The molecule has 1 aromatic heterocycles. The number of nitrogens with zero attached hydrogens (tertiary/aromatic N) is 1. The molecular weight excluding hydrogens is 260 g/mol. The van der Waals surface area contributed by atoms with Crippen LogP contribution < -0.4 is 5.32 Å². The zero-order valence-electron chi connectivity index (χ0n) is 10.9. The number of nitrogens with one attached hydrogen (secondary N) is 1. The highest BCUT2D eigenvalue weighted by molar-refractivity contribution is 7.17. The Morgan fingerprint density at radius 3 is 2.42 bits per heavy atom. The molecule has 0 aliphatic rings. The normalized spacial score (nSPS) is 10.4. The number of carboxylic acid groups (broad SMARTS) is 1. The molecule has 0 unspecified atom stereocenters. The van der Waals surface area contributed by atoms with E-state index >= 15 is 0 Å². The van der Waals surface area contributed by atoms with Crippen LogP contribution in [0.15, 0.2) is 24.4 Å². The van der Waals surface area contributed by atoms with Crippen molar-refractivity contribution in [2.75, 3.05) is 5.32 Å². The Labute approximate surface area is 116 Å². The summed E-state index contributed by atoms with van der Waals surface area (Å²) in [4.78, 5) is 15.2. The van der Waals surface area contributed by atoms with Crippen LogP contribution in [-0.4, -0.2) is 16.1 Å². The van der Waals surface area contributed by atoms with Gasteiger partial charge in [0.25, 0.3) is 0 Å². The van der Waals surface area contributed by atoms with Gasteiger partial charge >= 0.3 is 5.97 Å². The summed E-state index contributed by atoms with van der Waals surface area (Å²) in [6.07, 6.45) is 3.23. The topological polar surface area (TPSA) is 62.2 Å². The number of para-hydroxylation sites is 1. The van der Waals surface area contributed by atoms with Crippen molar-refractivity contribution in [2.24, 2.45) is 0 Å². The Kier molecular flexibility index (Phi) is 4.16. The van der Waals surface area contributed by atoms with Crippen molar-refractivity contribution < 1.29 is 9.90 Å². The molecule has 0 aliphatic carbocycles. The van der Waals surface area contributed by atoms with Crippen LogP contribution in [0, 0.1) is 0 Å². The van der Waals surface area contributed by atoms with Crippen LogP contribution in [0.2, 0.25) is 0 Å². The highest BCUT2D eigenvalue weighted by atomic mass is 32.1. The van der Waals surface area contributed by atoms with Crippen LogP contribution in [0.3, 0.4) is 0 Å². The van der Waals surface area contributed by atoms with Crippen molar-refractivity contribution in [3.05, 3.63) is 40.4 Å². The molecule has 5 heteroatoms. The third-order valence-corrected chi connectivity index (χ3v) is 3.85. The molecule has 0 saturated heterocycles. The molecule has 0 radical (unpaired) electrons. The summed E-state index contributed by atoms with van der Waals surface area (Å²) in [5.74, 6) is -0.940. The first kappa shape index (κ1) is 13.5. The van der Waals surface area contributed by atoms with Crippen LogP contribution in [0.4, 0.5) is 10.8 Å². The Balaban J connectivity index is 2.33. The highest BCUT2D eigenvalue weighted by Gasteiger charge is 2.11. The molecule has 19 heavy (non-hydrogen) atoms. The number of aromatic nitrogens is 1. The molecule has 100 valence electrons. The molecule has 0 bridgehead atoms. The fourth-order valence-corrected chi connectivity index (χ4v) is 2.60. The smallest absolute Gasteiger partial charge is 0.347 e. The molecule has 1 heterocycles. The van der Waals surface area contributed by atoms with E-state index in [1.54, 1.807) is 0 Å². The van der Waals surface area contributed by atoms with Crippen LogP contribution in [-0.2, 0) is 12.8 Å². The molecule has 0 amide bonds. The second-order valence-corrected chi connectivity index (χ2v) is 5.15. The molecule has 0 saturated carbocycles. The maximum absolute atomic E-state index is 10.9. The molecule has 2 rings (SSSR count). The monoisotopic (exact) mass is 276 g/mol. The summed E-state index contributed by atoms with van der Waals surface area (Å²) >= 11 is 1.15. The van der Waals surface area contributed by atoms with Gasteiger partial charge in [-0.05, 0) is 24.0 Å². The molecule has 4 nitrogen and oxygen atoms in total. The molecule has 0 aliphatic heterocycles. The first-order valence-corrected chi connectivity index (χ1v) is 7.04. The summed E-state index contributed by atoms with van der Waals surface area (Å²) in [5, 5.41) is 12.8. The number of thiazole rings is 1. The van der Waals surface area contributed by atoms with Gasteiger partial charge in [-0.3, -0.25) is 0 Å². The van der Waals surface area contributed by atoms with E-state index < -0.39 is 5.97 Å². The third-order valence-electron chi connectivity index (χ3n) is 2.95. The van der Waals surface area contributed by atoms with E-state index in [2.05, 4.69) is 36.3 Å². The number of hydrogen-bond acceptors (Lipinski definition) is 4. The van der Waals surface area contributed by atoms with Crippen LogP contribution in [0.25, 0.3) is 0 Å². The predicted octanol–water partition coefficient (Wildman–Crippen LogP) is 3.71. The molecule has 2 N–H and O–H groups in total. The molecule has 1 aromatic carbocycles. The molecular formula is C14H16N2O2S. The van der Waals surface area contributed by atoms with Gasteiger partial charge in [-0.25, -0.2) is 9.78 Å². The van der Waals surface area contributed by atoms with E-state index in [1.165, 1.54) is 17.3 Å². The summed E-state index contributed by atoms with van der Waals surface area (Å²) in [7, 11) is 0. The van der Waals surface area contributed by atoms with Crippen LogP contribution >= 0.6 is 11.3 Å². The first-order valence-electron chi connectivity index (χ1n) is 6.22. The zero-order valence-corrected chi connectivity index (χ0v) is 11.8.